The third-order valence-corrected chi connectivity index (χ3v) is 3.07. The summed E-state index contributed by atoms with van der Waals surface area (Å²) in [4.78, 5) is 20.6. The average molecular weight is 325 g/mol. The van der Waals surface area contributed by atoms with Crippen LogP contribution in [0.5, 0.6) is 0 Å². The molecule has 1 aliphatic rings. The van der Waals surface area contributed by atoms with Crippen LogP contribution in [0.2, 0.25) is 0 Å². The van der Waals surface area contributed by atoms with Crippen LogP contribution in [0.1, 0.15) is 6.42 Å². The molecule has 1 heterocycles. The third-order valence-electron chi connectivity index (χ3n) is 2.43. The predicted octanol–water partition coefficient (Wildman–Crippen LogP) is -1.26. The zero-order chi connectivity index (χ0) is 16.6. The average Bonchev–Trinajstić information content (AvgIpc) is 2.72. The second kappa shape index (κ2) is 9.45. The number of ether oxygens (including phenoxy) is 1. The highest BCUT2D eigenvalue weighted by Gasteiger charge is 2.38. The van der Waals surface area contributed by atoms with Gasteiger partial charge in [0.15, 0.2) is 11.9 Å². The van der Waals surface area contributed by atoms with Gasteiger partial charge in [0.2, 0.25) is 5.76 Å². The number of cyclic esters (lactones) is 1. The lowest BCUT2D eigenvalue weighted by molar-refractivity contribution is -0.147. The number of thioether (sulfide) groups is 1. The molecule has 0 radical (unpaired) electrons. The van der Waals surface area contributed by atoms with E-state index in [9.17, 15) is 9.59 Å². The Morgan fingerprint density at radius 3 is 2.38 bits per heavy atom. The summed E-state index contributed by atoms with van der Waals surface area (Å²) < 4.78 is 4.32. The van der Waals surface area contributed by atoms with E-state index in [0.29, 0.717) is 6.42 Å². The molecule has 0 fully saturated rings. The zero-order valence-electron chi connectivity index (χ0n) is 11.3. The Hall–Kier alpha value is -1.49. The number of hydrogen-bond donors (Lipinski definition) is 6. The van der Waals surface area contributed by atoms with E-state index in [-0.39, 0.29) is 0 Å². The van der Waals surface area contributed by atoms with Crippen molar-refractivity contribution in [3.63, 3.8) is 0 Å². The number of carboxylic acid groups (broad SMARTS) is 1. The van der Waals surface area contributed by atoms with Gasteiger partial charge in [-0.2, -0.15) is 11.8 Å². The minimum Gasteiger partial charge on any atom is -0.505 e. The molecule has 21 heavy (non-hydrogen) atoms. The fraction of sp³-hybridized carbons (Fsp3) is 0.636. The number of hydrogen-bond acceptors (Lipinski definition) is 9. The maximum atomic E-state index is 10.5. The van der Waals surface area contributed by atoms with Crippen LogP contribution >= 0.6 is 11.8 Å². The van der Waals surface area contributed by atoms with Crippen molar-refractivity contribution < 1.29 is 39.9 Å². The zero-order valence-corrected chi connectivity index (χ0v) is 12.1. The standard InChI is InChI=1S/C6H8O6.C5H11NO2S/c7-1-2(8)5-3(9)4(10)6(11)12-5;1-9-3-2-4(6)5(7)8/h2,5,7-10H,1H2;4H,2-3,6H2,1H3,(H,7,8)/t2-,5+;4-/m00/s1. The molecule has 122 valence electrons. The Morgan fingerprint density at radius 2 is 2.05 bits per heavy atom. The topological polar surface area (TPSA) is 171 Å². The first-order valence-corrected chi connectivity index (χ1v) is 7.24. The predicted molar refractivity (Wildman–Crippen MR) is 73.9 cm³/mol. The van der Waals surface area contributed by atoms with Gasteiger partial charge in [-0.15, -0.1) is 0 Å². The van der Waals surface area contributed by atoms with E-state index in [1.807, 2.05) is 6.26 Å². The van der Waals surface area contributed by atoms with Crippen molar-refractivity contribution >= 4 is 23.7 Å². The number of esters is 1. The summed E-state index contributed by atoms with van der Waals surface area (Å²) in [7, 11) is 0. The monoisotopic (exact) mass is 325 g/mol. The highest BCUT2D eigenvalue weighted by atomic mass is 32.2. The first kappa shape index (κ1) is 19.5. The minimum absolute atomic E-state index is 0.552. The van der Waals surface area contributed by atoms with Gasteiger partial charge in [-0.05, 0) is 18.4 Å². The van der Waals surface area contributed by atoms with E-state index in [4.69, 9.17) is 31.3 Å². The molecule has 0 aromatic rings. The molecule has 0 aromatic heterocycles. The summed E-state index contributed by atoms with van der Waals surface area (Å²) >= 11 is 1.60. The van der Waals surface area contributed by atoms with Gasteiger partial charge >= 0.3 is 11.9 Å². The smallest absolute Gasteiger partial charge is 0.377 e. The van der Waals surface area contributed by atoms with Crippen molar-refractivity contribution in [2.45, 2.75) is 24.7 Å². The number of carbonyl (C=O) groups excluding carboxylic acids is 1. The molecule has 0 spiro atoms. The molecule has 10 heteroatoms. The first-order valence-electron chi connectivity index (χ1n) is 5.85. The molecule has 7 N–H and O–H groups in total. The van der Waals surface area contributed by atoms with Gasteiger partial charge in [-0.3, -0.25) is 4.79 Å². The lowest BCUT2D eigenvalue weighted by Gasteiger charge is -2.13. The Balaban J connectivity index is 0.000000400. The van der Waals surface area contributed by atoms with E-state index in [2.05, 4.69) is 4.74 Å². The van der Waals surface area contributed by atoms with E-state index in [1.165, 1.54) is 0 Å². The van der Waals surface area contributed by atoms with E-state index < -0.39 is 48.3 Å². The van der Waals surface area contributed by atoms with Crippen LogP contribution in [0.4, 0.5) is 0 Å². The van der Waals surface area contributed by atoms with Gasteiger partial charge in [-0.25, -0.2) is 4.79 Å². The number of aliphatic carboxylic acids is 1. The Kier molecular flexibility index (Phi) is 8.78. The van der Waals surface area contributed by atoms with Crippen molar-refractivity contribution in [2.24, 2.45) is 5.73 Å². The molecule has 0 aromatic carbocycles. The van der Waals surface area contributed by atoms with Gasteiger partial charge in [0.05, 0.1) is 6.61 Å². The molecule has 0 bridgehead atoms. The summed E-state index contributed by atoms with van der Waals surface area (Å²) in [5.74, 6) is -2.88. The molecular weight excluding hydrogens is 306 g/mol. The fourth-order valence-electron chi connectivity index (χ4n) is 1.19. The number of nitrogens with two attached hydrogens (primary N) is 1. The number of aliphatic hydroxyl groups excluding tert-OH is 4. The van der Waals surface area contributed by atoms with Crippen molar-refractivity contribution in [3.8, 4) is 0 Å². The Labute approximate surface area is 125 Å². The Morgan fingerprint density at radius 1 is 1.48 bits per heavy atom. The second-order valence-electron chi connectivity index (χ2n) is 4.04. The van der Waals surface area contributed by atoms with Gasteiger partial charge in [0.1, 0.15) is 12.1 Å². The molecule has 0 aliphatic carbocycles. The molecule has 9 nitrogen and oxygen atoms in total. The van der Waals surface area contributed by atoms with Crippen molar-refractivity contribution in [3.05, 3.63) is 11.5 Å². The molecule has 1 aliphatic heterocycles. The van der Waals surface area contributed by atoms with Gasteiger partial charge < -0.3 is 36.0 Å². The third kappa shape index (κ3) is 6.21. The van der Waals surface area contributed by atoms with Crippen LogP contribution in [-0.4, -0.2) is 74.3 Å². The summed E-state index contributed by atoms with van der Waals surface area (Å²) in [5, 5.41) is 43.3. The highest BCUT2D eigenvalue weighted by Crippen LogP contribution is 2.20. The maximum Gasteiger partial charge on any atom is 0.377 e. The molecular formula is C11H19NO8S. The molecule has 0 saturated heterocycles. The molecule has 0 unspecified atom stereocenters. The SMILES string of the molecule is CSCC[C@H](N)C(=O)O.O=C1O[C@H]([C@@H](O)CO)C(O)=C1O. The van der Waals surface area contributed by atoms with Gasteiger partial charge in [0, 0.05) is 0 Å². The first-order chi connectivity index (χ1) is 9.76. The summed E-state index contributed by atoms with van der Waals surface area (Å²) in [6.45, 7) is -0.671. The highest BCUT2D eigenvalue weighted by molar-refractivity contribution is 7.98. The van der Waals surface area contributed by atoms with Crippen molar-refractivity contribution in [2.75, 3.05) is 18.6 Å². The summed E-state index contributed by atoms with van der Waals surface area (Å²) in [6, 6.07) is -0.683. The fourth-order valence-corrected chi connectivity index (χ4v) is 1.68. The van der Waals surface area contributed by atoms with E-state index >= 15 is 0 Å². The van der Waals surface area contributed by atoms with Crippen LogP contribution in [0.3, 0.4) is 0 Å². The van der Waals surface area contributed by atoms with Gasteiger partial charge in [0.25, 0.3) is 0 Å². The van der Waals surface area contributed by atoms with E-state index in [0.717, 1.165) is 5.75 Å². The Bertz CT molecular complexity index is 400. The van der Waals surface area contributed by atoms with Gasteiger partial charge in [-0.1, -0.05) is 0 Å². The number of carboxylic acids is 1. The molecule has 1 rings (SSSR count). The van der Waals surface area contributed by atoms with Crippen LogP contribution in [0, 0.1) is 0 Å². The number of carbonyl (C=O) groups is 2. The lowest BCUT2D eigenvalue weighted by atomic mass is 10.2. The lowest BCUT2D eigenvalue weighted by Crippen LogP contribution is -2.31. The van der Waals surface area contributed by atoms with Crippen molar-refractivity contribution in [1.82, 2.24) is 0 Å². The van der Waals surface area contributed by atoms with Crippen LogP contribution in [0.25, 0.3) is 0 Å². The summed E-state index contributed by atoms with van der Waals surface area (Å²) in [5.41, 5.74) is 5.19. The number of aliphatic hydroxyl groups is 4. The van der Waals surface area contributed by atoms with Crippen LogP contribution < -0.4 is 5.73 Å². The molecule has 3 atom stereocenters. The largest absolute Gasteiger partial charge is 0.505 e. The summed E-state index contributed by atoms with van der Waals surface area (Å²) in [6.07, 6.45) is -0.300. The van der Waals surface area contributed by atoms with Crippen molar-refractivity contribution in [1.29, 1.82) is 0 Å². The van der Waals surface area contributed by atoms with E-state index in [1.54, 1.807) is 11.8 Å². The molecule has 0 amide bonds. The quantitative estimate of drug-likeness (QED) is 0.324. The van der Waals surface area contributed by atoms with Crippen LogP contribution in [0.15, 0.2) is 11.5 Å². The second-order valence-corrected chi connectivity index (χ2v) is 5.02. The normalized spacial score (nSPS) is 20.4. The number of rotatable bonds is 6. The molecule has 0 saturated carbocycles. The minimum atomic E-state index is -1.42. The van der Waals surface area contributed by atoms with Crippen LogP contribution in [-0.2, 0) is 14.3 Å². The maximum absolute atomic E-state index is 10.5.